The first-order chi connectivity index (χ1) is 4.90. The fourth-order valence-corrected chi connectivity index (χ4v) is 0.253. The van der Waals surface area contributed by atoms with Gasteiger partial charge in [0.15, 0.2) is 0 Å². The van der Waals surface area contributed by atoms with E-state index in [0.717, 1.165) is 0 Å². The Morgan fingerprint density at radius 3 is 1.91 bits per heavy atom. The highest BCUT2D eigenvalue weighted by atomic mass is 19.3. The highest BCUT2D eigenvalue weighted by Gasteiger charge is 2.44. The molecule has 0 amide bonds. The third kappa shape index (κ3) is 3.45. The Labute approximate surface area is 57.9 Å². The number of halogens is 6. The monoisotopic (exact) mass is 182 g/mol. The average Bonchev–Trinajstić information content (AvgIpc) is 1.86. The van der Waals surface area contributed by atoms with E-state index in [0.29, 0.717) is 0 Å². The van der Waals surface area contributed by atoms with E-state index in [9.17, 15) is 26.3 Å². The molecule has 1 nitrogen and oxygen atoms in total. The SMILES string of the molecule is FCC(F)OC(F)(F)C(F)F. The van der Waals surface area contributed by atoms with Crippen LogP contribution in [0, 0.1) is 0 Å². The van der Waals surface area contributed by atoms with Gasteiger partial charge in [-0.05, 0) is 0 Å². The summed E-state index contributed by atoms with van der Waals surface area (Å²) >= 11 is 0. The molecule has 0 aromatic heterocycles. The van der Waals surface area contributed by atoms with Crippen LogP contribution in [0.15, 0.2) is 0 Å². The van der Waals surface area contributed by atoms with Crippen molar-refractivity contribution in [3.8, 4) is 0 Å². The van der Waals surface area contributed by atoms with Crippen LogP contribution in [-0.4, -0.2) is 25.6 Å². The van der Waals surface area contributed by atoms with Crippen molar-refractivity contribution in [2.75, 3.05) is 6.67 Å². The van der Waals surface area contributed by atoms with Crippen LogP contribution in [0.1, 0.15) is 0 Å². The zero-order chi connectivity index (χ0) is 9.07. The lowest BCUT2D eigenvalue weighted by molar-refractivity contribution is -0.337. The van der Waals surface area contributed by atoms with Crippen LogP contribution in [0.2, 0.25) is 0 Å². The van der Waals surface area contributed by atoms with E-state index in [1.54, 1.807) is 0 Å². The van der Waals surface area contributed by atoms with E-state index in [-0.39, 0.29) is 0 Å². The highest BCUT2D eigenvalue weighted by Crippen LogP contribution is 2.26. The Balaban J connectivity index is 3.90. The Morgan fingerprint density at radius 2 is 1.64 bits per heavy atom. The Kier molecular flexibility index (Phi) is 3.64. The number of rotatable bonds is 4. The predicted octanol–water partition coefficient (Wildman–Crippen LogP) is 2.13. The van der Waals surface area contributed by atoms with Gasteiger partial charge >= 0.3 is 12.5 Å². The van der Waals surface area contributed by atoms with Gasteiger partial charge in [-0.15, -0.1) is 0 Å². The molecule has 0 heterocycles. The van der Waals surface area contributed by atoms with Crippen LogP contribution < -0.4 is 0 Å². The fourth-order valence-electron chi connectivity index (χ4n) is 0.253. The zero-order valence-corrected chi connectivity index (χ0v) is 5.04. The second kappa shape index (κ2) is 3.80. The minimum Gasteiger partial charge on any atom is -0.278 e. The summed E-state index contributed by atoms with van der Waals surface area (Å²) in [7, 11) is 0. The van der Waals surface area contributed by atoms with E-state index in [2.05, 4.69) is 4.74 Å². The molecule has 0 bridgehead atoms. The van der Waals surface area contributed by atoms with Gasteiger partial charge in [-0.2, -0.15) is 8.78 Å². The van der Waals surface area contributed by atoms with Crippen molar-refractivity contribution in [1.29, 1.82) is 0 Å². The van der Waals surface area contributed by atoms with Gasteiger partial charge in [-0.3, -0.25) is 4.74 Å². The number of hydrogen-bond donors (Lipinski definition) is 0. The molecule has 1 unspecified atom stereocenters. The molecule has 0 fully saturated rings. The zero-order valence-electron chi connectivity index (χ0n) is 5.04. The van der Waals surface area contributed by atoms with Crippen LogP contribution in [-0.2, 0) is 4.74 Å². The van der Waals surface area contributed by atoms with Crippen molar-refractivity contribution in [3.05, 3.63) is 0 Å². The minimum atomic E-state index is -4.93. The molecule has 68 valence electrons. The van der Waals surface area contributed by atoms with Crippen molar-refractivity contribution < 1.29 is 31.1 Å². The lowest BCUT2D eigenvalue weighted by Gasteiger charge is -2.16. The molecule has 0 aromatic carbocycles. The summed E-state index contributed by atoms with van der Waals surface area (Å²) in [6.45, 7) is -1.89. The molecule has 0 rings (SSSR count). The lowest BCUT2D eigenvalue weighted by atomic mass is 10.6. The maximum absolute atomic E-state index is 11.6. The second-order valence-electron chi connectivity index (χ2n) is 1.54. The normalized spacial score (nSPS) is 15.5. The number of hydrogen-bond acceptors (Lipinski definition) is 1. The van der Waals surface area contributed by atoms with Crippen molar-refractivity contribution >= 4 is 0 Å². The quantitative estimate of drug-likeness (QED) is 0.605. The smallest absolute Gasteiger partial charge is 0.278 e. The topological polar surface area (TPSA) is 9.23 Å². The molecule has 1 atom stereocenters. The Morgan fingerprint density at radius 1 is 1.18 bits per heavy atom. The predicted molar refractivity (Wildman–Crippen MR) is 22.9 cm³/mol. The first kappa shape index (κ1) is 10.5. The van der Waals surface area contributed by atoms with Crippen molar-refractivity contribution in [3.63, 3.8) is 0 Å². The summed E-state index contributed by atoms with van der Waals surface area (Å²) in [5.41, 5.74) is 0. The van der Waals surface area contributed by atoms with E-state index in [1.807, 2.05) is 0 Å². The van der Waals surface area contributed by atoms with E-state index in [1.165, 1.54) is 0 Å². The summed E-state index contributed by atoms with van der Waals surface area (Å²) in [5, 5.41) is 0. The maximum atomic E-state index is 11.6. The molecule has 0 aliphatic carbocycles. The largest absolute Gasteiger partial charge is 0.418 e. The van der Waals surface area contributed by atoms with Crippen LogP contribution in [0.5, 0.6) is 0 Å². The van der Waals surface area contributed by atoms with E-state index >= 15 is 0 Å². The van der Waals surface area contributed by atoms with Gasteiger partial charge < -0.3 is 0 Å². The van der Waals surface area contributed by atoms with Crippen LogP contribution in [0.25, 0.3) is 0 Å². The molecule has 0 aromatic rings. The maximum Gasteiger partial charge on any atom is 0.418 e. The summed E-state index contributed by atoms with van der Waals surface area (Å²) in [6.07, 6.45) is -12.1. The average molecular weight is 182 g/mol. The molecular formula is C4H4F6O. The summed E-state index contributed by atoms with van der Waals surface area (Å²) in [4.78, 5) is 0. The van der Waals surface area contributed by atoms with Gasteiger partial charge in [0, 0.05) is 0 Å². The third-order valence-electron chi connectivity index (χ3n) is 0.660. The first-order valence-electron chi connectivity index (χ1n) is 2.44. The van der Waals surface area contributed by atoms with Gasteiger partial charge in [-0.1, -0.05) is 0 Å². The molecular weight excluding hydrogens is 178 g/mol. The lowest BCUT2D eigenvalue weighted by Crippen LogP contribution is -2.34. The Hall–Kier alpha value is -0.460. The minimum absolute atomic E-state index is 1.89. The highest BCUT2D eigenvalue weighted by molar-refractivity contribution is 4.56. The van der Waals surface area contributed by atoms with Crippen molar-refractivity contribution in [2.45, 2.75) is 18.9 Å². The van der Waals surface area contributed by atoms with Crippen molar-refractivity contribution in [2.24, 2.45) is 0 Å². The van der Waals surface area contributed by atoms with E-state index < -0.39 is 25.6 Å². The summed E-state index contributed by atoms with van der Waals surface area (Å²) in [5.74, 6) is 0. The van der Waals surface area contributed by atoms with Gasteiger partial charge in [-0.25, -0.2) is 17.6 Å². The molecule has 0 saturated heterocycles. The summed E-state index contributed by atoms with van der Waals surface area (Å²) in [6, 6.07) is 0. The van der Waals surface area contributed by atoms with Crippen molar-refractivity contribution in [1.82, 2.24) is 0 Å². The molecule has 7 heteroatoms. The Bertz CT molecular complexity index is 115. The molecule has 0 aliphatic rings. The van der Waals surface area contributed by atoms with Gasteiger partial charge in [0.1, 0.15) is 6.67 Å². The van der Waals surface area contributed by atoms with Gasteiger partial charge in [0.05, 0.1) is 0 Å². The van der Waals surface area contributed by atoms with Crippen LogP contribution in [0.3, 0.4) is 0 Å². The molecule has 11 heavy (non-hydrogen) atoms. The van der Waals surface area contributed by atoms with Gasteiger partial charge in [0.25, 0.3) is 0 Å². The van der Waals surface area contributed by atoms with Crippen LogP contribution >= 0.6 is 0 Å². The summed E-state index contributed by atoms with van der Waals surface area (Å²) < 4.78 is 70.9. The molecule has 0 spiro atoms. The molecule has 0 saturated carbocycles. The van der Waals surface area contributed by atoms with Gasteiger partial charge in [0.2, 0.25) is 6.36 Å². The second-order valence-corrected chi connectivity index (χ2v) is 1.54. The molecule has 0 radical (unpaired) electrons. The third-order valence-corrected chi connectivity index (χ3v) is 0.660. The van der Waals surface area contributed by atoms with E-state index in [4.69, 9.17) is 0 Å². The number of ether oxygens (including phenoxy) is 1. The standard InChI is InChI=1S/C4H4F6O/c5-1-2(6)11-4(9,10)3(7)8/h2-3H,1H2. The molecule has 0 N–H and O–H groups in total. The number of alkyl halides is 6. The first-order valence-corrected chi connectivity index (χ1v) is 2.44. The van der Waals surface area contributed by atoms with Crippen LogP contribution in [0.4, 0.5) is 26.3 Å². The molecule has 0 aliphatic heterocycles. The fraction of sp³-hybridized carbons (Fsp3) is 1.00.